The first-order valence-electron chi connectivity index (χ1n) is 11.3. The third-order valence-corrected chi connectivity index (χ3v) is 7.15. The molecule has 0 radical (unpaired) electrons. The van der Waals surface area contributed by atoms with Crippen LogP contribution in [0.2, 0.25) is 0 Å². The molecule has 0 fully saturated rings. The second-order valence-corrected chi connectivity index (χ2v) is 9.29. The van der Waals surface area contributed by atoms with Gasteiger partial charge in [-0.05, 0) is 61.8 Å². The van der Waals surface area contributed by atoms with Crippen molar-refractivity contribution in [2.75, 3.05) is 25.6 Å². The van der Waals surface area contributed by atoms with Gasteiger partial charge in [-0.15, -0.1) is 11.3 Å². The van der Waals surface area contributed by atoms with E-state index in [0.717, 1.165) is 60.6 Å². The third-order valence-electron chi connectivity index (χ3n) is 5.94. The van der Waals surface area contributed by atoms with Gasteiger partial charge in [-0.1, -0.05) is 13.0 Å². The summed E-state index contributed by atoms with van der Waals surface area (Å²) < 4.78 is 10.7. The number of amides is 2. The predicted molar refractivity (Wildman–Crippen MR) is 128 cm³/mol. The number of methoxy groups -OCH3 is 1. The van der Waals surface area contributed by atoms with Gasteiger partial charge in [-0.25, -0.2) is 0 Å². The van der Waals surface area contributed by atoms with E-state index in [0.29, 0.717) is 23.7 Å². The first-order chi connectivity index (χ1) is 15.6. The minimum absolute atomic E-state index is 0.114. The number of carbonyl (C=O) groups excluding carboxylic acids is 2. The lowest BCUT2D eigenvalue weighted by atomic mass is 9.95. The van der Waals surface area contributed by atoms with Gasteiger partial charge in [0.1, 0.15) is 10.6 Å². The number of anilines is 1. The molecule has 2 N–H and O–H groups in total. The number of benzene rings is 1. The van der Waals surface area contributed by atoms with Crippen LogP contribution in [0.1, 0.15) is 58.1 Å². The van der Waals surface area contributed by atoms with E-state index in [-0.39, 0.29) is 18.2 Å². The Kier molecular flexibility index (Phi) is 7.27. The van der Waals surface area contributed by atoms with Crippen LogP contribution >= 0.6 is 11.3 Å². The largest absolute Gasteiger partial charge is 0.464 e. The number of nitrogens with one attached hydrogen (secondary N) is 2. The van der Waals surface area contributed by atoms with Crippen molar-refractivity contribution in [2.45, 2.75) is 51.9 Å². The average molecular weight is 455 g/mol. The summed E-state index contributed by atoms with van der Waals surface area (Å²) in [6.45, 7) is 3.25. The monoisotopic (exact) mass is 454 g/mol. The smallest absolute Gasteiger partial charge is 0.254 e. The van der Waals surface area contributed by atoms with Crippen molar-refractivity contribution in [3.05, 3.63) is 51.6 Å². The molecule has 2 amide bonds. The van der Waals surface area contributed by atoms with Gasteiger partial charge >= 0.3 is 0 Å². The maximum absolute atomic E-state index is 13.0. The second kappa shape index (κ2) is 10.3. The SMILES string of the molecule is CCc1ccc2occ(CC(=O)Nc3sc4c(c3C(=O)NCCCOC)CCCC4)c2c1. The minimum Gasteiger partial charge on any atom is -0.464 e. The molecule has 2 heterocycles. The van der Waals surface area contributed by atoms with Crippen LogP contribution in [0.3, 0.4) is 0 Å². The Labute approximate surface area is 192 Å². The van der Waals surface area contributed by atoms with Crippen LogP contribution in [-0.2, 0) is 35.2 Å². The Hall–Kier alpha value is -2.64. The number of carbonyl (C=O) groups is 2. The van der Waals surface area contributed by atoms with Crippen molar-refractivity contribution < 1.29 is 18.7 Å². The molecular weight excluding hydrogens is 424 g/mol. The highest BCUT2D eigenvalue weighted by Crippen LogP contribution is 2.38. The van der Waals surface area contributed by atoms with Crippen LogP contribution in [0.15, 0.2) is 28.9 Å². The van der Waals surface area contributed by atoms with E-state index in [1.807, 2.05) is 12.1 Å². The average Bonchev–Trinajstić information content (AvgIpc) is 3.36. The summed E-state index contributed by atoms with van der Waals surface area (Å²) in [6, 6.07) is 6.09. The molecule has 170 valence electrons. The summed E-state index contributed by atoms with van der Waals surface area (Å²) >= 11 is 1.54. The van der Waals surface area contributed by atoms with Gasteiger partial charge in [0, 0.05) is 36.1 Å². The normalized spacial score (nSPS) is 13.2. The Balaban J connectivity index is 1.52. The van der Waals surface area contributed by atoms with Gasteiger partial charge in [0.15, 0.2) is 0 Å². The quantitative estimate of drug-likeness (QED) is 0.452. The number of fused-ring (bicyclic) bond motifs is 2. The number of hydrogen-bond acceptors (Lipinski definition) is 5. The highest BCUT2D eigenvalue weighted by atomic mass is 32.1. The molecule has 0 aliphatic heterocycles. The van der Waals surface area contributed by atoms with Crippen molar-refractivity contribution in [2.24, 2.45) is 0 Å². The number of thiophene rings is 1. The van der Waals surface area contributed by atoms with Crippen LogP contribution in [0, 0.1) is 0 Å². The van der Waals surface area contributed by atoms with Gasteiger partial charge in [0.25, 0.3) is 5.91 Å². The molecule has 0 saturated carbocycles. The maximum atomic E-state index is 13.0. The summed E-state index contributed by atoms with van der Waals surface area (Å²) in [7, 11) is 1.65. The standard InChI is InChI=1S/C25H30N2O4S/c1-3-16-9-10-20-19(13-16)17(15-31-20)14-22(28)27-25-23(24(29)26-11-6-12-30-2)18-7-4-5-8-21(18)32-25/h9-10,13,15H,3-8,11-12,14H2,1-2H3,(H,26,29)(H,27,28). The van der Waals surface area contributed by atoms with E-state index in [4.69, 9.17) is 9.15 Å². The lowest BCUT2D eigenvalue weighted by Crippen LogP contribution is -2.27. The summed E-state index contributed by atoms with van der Waals surface area (Å²) in [6.07, 6.45) is 7.59. The lowest BCUT2D eigenvalue weighted by molar-refractivity contribution is -0.115. The molecule has 4 rings (SSSR count). The van der Waals surface area contributed by atoms with Crippen LogP contribution in [0.5, 0.6) is 0 Å². The van der Waals surface area contributed by atoms with E-state index < -0.39 is 0 Å². The van der Waals surface area contributed by atoms with Crippen molar-refractivity contribution >= 4 is 39.1 Å². The fourth-order valence-electron chi connectivity index (χ4n) is 4.23. The van der Waals surface area contributed by atoms with Crippen LogP contribution < -0.4 is 10.6 Å². The van der Waals surface area contributed by atoms with Gasteiger partial charge in [0.2, 0.25) is 5.91 Å². The van der Waals surface area contributed by atoms with E-state index >= 15 is 0 Å². The Morgan fingerprint density at radius 1 is 1.22 bits per heavy atom. The zero-order valence-electron chi connectivity index (χ0n) is 18.7. The number of rotatable bonds is 9. The first-order valence-corrected chi connectivity index (χ1v) is 12.1. The highest BCUT2D eigenvalue weighted by molar-refractivity contribution is 7.17. The number of ether oxygens (including phenoxy) is 1. The molecule has 3 aromatic rings. The van der Waals surface area contributed by atoms with Crippen molar-refractivity contribution in [1.29, 1.82) is 0 Å². The summed E-state index contributed by atoms with van der Waals surface area (Å²) in [5.74, 6) is -0.251. The topological polar surface area (TPSA) is 80.6 Å². The van der Waals surface area contributed by atoms with Crippen LogP contribution in [0.4, 0.5) is 5.00 Å². The van der Waals surface area contributed by atoms with Crippen molar-refractivity contribution in [1.82, 2.24) is 5.32 Å². The van der Waals surface area contributed by atoms with E-state index in [1.165, 1.54) is 10.4 Å². The zero-order valence-corrected chi connectivity index (χ0v) is 19.5. The zero-order chi connectivity index (χ0) is 22.5. The molecule has 7 heteroatoms. The van der Waals surface area contributed by atoms with Gasteiger partial charge in [0.05, 0.1) is 18.2 Å². The molecule has 0 saturated heterocycles. The van der Waals surface area contributed by atoms with Crippen molar-refractivity contribution in [3.63, 3.8) is 0 Å². The number of aryl methyl sites for hydroxylation is 2. The molecule has 32 heavy (non-hydrogen) atoms. The number of furan rings is 1. The Morgan fingerprint density at radius 2 is 2.06 bits per heavy atom. The summed E-state index contributed by atoms with van der Waals surface area (Å²) in [4.78, 5) is 27.2. The molecule has 6 nitrogen and oxygen atoms in total. The number of hydrogen-bond donors (Lipinski definition) is 2. The van der Waals surface area contributed by atoms with Crippen LogP contribution in [-0.4, -0.2) is 32.1 Å². The van der Waals surface area contributed by atoms with Crippen LogP contribution in [0.25, 0.3) is 11.0 Å². The first kappa shape index (κ1) is 22.6. The lowest BCUT2D eigenvalue weighted by Gasteiger charge is -2.13. The molecule has 0 spiro atoms. The molecule has 1 aliphatic carbocycles. The van der Waals surface area contributed by atoms with Gasteiger partial charge in [-0.2, -0.15) is 0 Å². The fourth-order valence-corrected chi connectivity index (χ4v) is 5.53. The van der Waals surface area contributed by atoms with Crippen molar-refractivity contribution in [3.8, 4) is 0 Å². The second-order valence-electron chi connectivity index (χ2n) is 8.19. The molecule has 1 aliphatic rings. The molecule has 1 aromatic carbocycles. The maximum Gasteiger partial charge on any atom is 0.254 e. The molecule has 0 atom stereocenters. The molecule has 0 bridgehead atoms. The third kappa shape index (κ3) is 4.89. The fraction of sp³-hybridized carbons (Fsp3) is 0.440. The predicted octanol–water partition coefficient (Wildman–Crippen LogP) is 4.88. The van der Waals surface area contributed by atoms with E-state index in [1.54, 1.807) is 24.7 Å². The Bertz CT molecular complexity index is 1110. The van der Waals surface area contributed by atoms with E-state index in [2.05, 4.69) is 23.6 Å². The molecule has 2 aromatic heterocycles. The summed E-state index contributed by atoms with van der Waals surface area (Å²) in [5.41, 5.74) is 4.59. The Morgan fingerprint density at radius 3 is 2.88 bits per heavy atom. The minimum atomic E-state index is -0.137. The van der Waals surface area contributed by atoms with E-state index in [9.17, 15) is 9.59 Å². The molecule has 0 unspecified atom stereocenters. The van der Waals surface area contributed by atoms with Gasteiger partial charge < -0.3 is 19.8 Å². The summed E-state index contributed by atoms with van der Waals surface area (Å²) in [5, 5.41) is 7.66. The molecular formula is C25H30N2O4S. The highest BCUT2D eigenvalue weighted by Gasteiger charge is 2.26. The van der Waals surface area contributed by atoms with Gasteiger partial charge in [-0.3, -0.25) is 9.59 Å².